The van der Waals surface area contributed by atoms with E-state index in [-0.39, 0.29) is 5.97 Å². The second-order valence-electron chi connectivity index (χ2n) is 2.82. The standard InChI is InChI=1S/C7H11Br3O2/c1-5(2)3-4-12-6(11)7(8,9)10/h5H,3-4H2,1-2H3. The van der Waals surface area contributed by atoms with Crippen molar-refractivity contribution in [2.75, 3.05) is 6.61 Å². The predicted molar refractivity (Wildman–Crippen MR) is 59.9 cm³/mol. The molecule has 0 aliphatic heterocycles. The van der Waals surface area contributed by atoms with Gasteiger partial charge in [-0.2, -0.15) is 0 Å². The van der Waals surface area contributed by atoms with E-state index in [4.69, 9.17) is 4.74 Å². The minimum atomic E-state index is -0.927. The zero-order chi connectivity index (χ0) is 9.78. The Labute approximate surface area is 97.8 Å². The molecule has 0 bridgehead atoms. The van der Waals surface area contributed by atoms with Crippen molar-refractivity contribution in [3.63, 3.8) is 0 Å². The van der Waals surface area contributed by atoms with Gasteiger partial charge in [-0.3, -0.25) is 0 Å². The molecule has 12 heavy (non-hydrogen) atoms. The Kier molecular flexibility index (Phi) is 6.03. The van der Waals surface area contributed by atoms with Crippen molar-refractivity contribution in [2.45, 2.75) is 22.4 Å². The zero-order valence-electron chi connectivity index (χ0n) is 6.94. The molecular formula is C7H11Br3O2. The average molecular weight is 367 g/mol. The van der Waals surface area contributed by atoms with Gasteiger partial charge in [-0.05, 0) is 60.1 Å². The van der Waals surface area contributed by atoms with Crippen LogP contribution >= 0.6 is 47.8 Å². The first kappa shape index (κ1) is 12.9. The highest BCUT2D eigenvalue weighted by molar-refractivity contribution is 9.40. The summed E-state index contributed by atoms with van der Waals surface area (Å²) in [6.45, 7) is 4.62. The predicted octanol–water partition coefficient (Wildman–Crippen LogP) is 3.41. The maximum absolute atomic E-state index is 11.1. The van der Waals surface area contributed by atoms with Crippen LogP contribution in [0.25, 0.3) is 0 Å². The molecule has 5 heteroatoms. The van der Waals surface area contributed by atoms with Crippen molar-refractivity contribution in [1.82, 2.24) is 0 Å². The van der Waals surface area contributed by atoms with E-state index in [2.05, 4.69) is 61.6 Å². The number of esters is 1. The summed E-state index contributed by atoms with van der Waals surface area (Å²) in [5, 5.41) is 0. The van der Waals surface area contributed by atoms with Crippen LogP contribution in [0.1, 0.15) is 20.3 Å². The first-order chi connectivity index (χ1) is 5.34. The SMILES string of the molecule is CC(C)CCOC(=O)C(Br)(Br)Br. The number of ether oxygens (including phenoxy) is 1. The molecule has 0 aromatic heterocycles. The summed E-state index contributed by atoms with van der Waals surface area (Å²) in [6.07, 6.45) is 0.884. The minimum Gasteiger partial charge on any atom is -0.463 e. The second kappa shape index (κ2) is 5.60. The smallest absolute Gasteiger partial charge is 0.344 e. The van der Waals surface area contributed by atoms with E-state index in [0.29, 0.717) is 12.5 Å². The number of rotatable bonds is 3. The van der Waals surface area contributed by atoms with Crippen LogP contribution in [0.15, 0.2) is 0 Å². The number of hydrogen-bond acceptors (Lipinski definition) is 2. The lowest BCUT2D eigenvalue weighted by atomic mass is 10.1. The van der Waals surface area contributed by atoms with Crippen LogP contribution in [0.5, 0.6) is 0 Å². The highest BCUT2D eigenvalue weighted by Crippen LogP contribution is 2.34. The minimum absolute atomic E-state index is 0.358. The fourth-order valence-corrected chi connectivity index (χ4v) is 0.813. The Morgan fingerprint density at radius 1 is 1.42 bits per heavy atom. The van der Waals surface area contributed by atoms with Gasteiger partial charge in [0.25, 0.3) is 0 Å². The van der Waals surface area contributed by atoms with Gasteiger partial charge in [0.05, 0.1) is 6.61 Å². The summed E-state index contributed by atoms with van der Waals surface area (Å²) in [6, 6.07) is 0. The lowest BCUT2D eigenvalue weighted by Crippen LogP contribution is -2.21. The lowest BCUT2D eigenvalue weighted by Gasteiger charge is -2.12. The number of halogens is 3. The summed E-state index contributed by atoms with van der Waals surface area (Å²) >= 11 is 9.21. The van der Waals surface area contributed by atoms with Crippen molar-refractivity contribution in [3.8, 4) is 0 Å². The summed E-state index contributed by atoms with van der Waals surface area (Å²) in [5.74, 6) is 0.191. The van der Waals surface area contributed by atoms with E-state index in [9.17, 15) is 4.79 Å². The average Bonchev–Trinajstić information content (AvgIpc) is 1.84. The molecule has 0 aromatic carbocycles. The number of carbonyl (C=O) groups is 1. The molecule has 0 aromatic rings. The molecule has 0 spiro atoms. The Morgan fingerprint density at radius 2 is 1.92 bits per heavy atom. The molecule has 0 atom stereocenters. The fraction of sp³-hybridized carbons (Fsp3) is 0.857. The van der Waals surface area contributed by atoms with Gasteiger partial charge in [0.1, 0.15) is 0 Å². The summed E-state index contributed by atoms with van der Waals surface area (Å²) in [5.41, 5.74) is 0. The van der Waals surface area contributed by atoms with E-state index in [1.165, 1.54) is 0 Å². The van der Waals surface area contributed by atoms with E-state index in [0.717, 1.165) is 6.42 Å². The van der Waals surface area contributed by atoms with E-state index < -0.39 is 2.14 Å². The molecule has 0 saturated heterocycles. The molecule has 0 rings (SSSR count). The van der Waals surface area contributed by atoms with E-state index >= 15 is 0 Å². The highest BCUT2D eigenvalue weighted by Gasteiger charge is 2.30. The van der Waals surface area contributed by atoms with Gasteiger partial charge in [0, 0.05) is 0 Å². The molecule has 0 fully saturated rings. The third kappa shape index (κ3) is 6.43. The molecular weight excluding hydrogens is 356 g/mol. The van der Waals surface area contributed by atoms with Gasteiger partial charge >= 0.3 is 5.97 Å². The summed E-state index contributed by atoms with van der Waals surface area (Å²) < 4.78 is 4.01. The van der Waals surface area contributed by atoms with Gasteiger partial charge < -0.3 is 4.74 Å². The number of carbonyl (C=O) groups excluding carboxylic acids is 1. The third-order valence-corrected chi connectivity index (χ3v) is 2.13. The topological polar surface area (TPSA) is 26.3 Å². The number of alkyl halides is 3. The molecule has 0 unspecified atom stereocenters. The molecule has 0 aliphatic rings. The monoisotopic (exact) mass is 364 g/mol. The molecule has 0 radical (unpaired) electrons. The maximum atomic E-state index is 11.1. The van der Waals surface area contributed by atoms with Crippen LogP contribution in [-0.2, 0) is 9.53 Å². The summed E-state index contributed by atoms with van der Waals surface area (Å²) in [7, 11) is 0. The molecule has 0 N–H and O–H groups in total. The molecule has 0 heterocycles. The van der Waals surface area contributed by atoms with Gasteiger partial charge in [-0.25, -0.2) is 4.79 Å². The first-order valence-electron chi connectivity index (χ1n) is 3.58. The quantitative estimate of drug-likeness (QED) is 0.565. The molecule has 0 aliphatic carbocycles. The van der Waals surface area contributed by atoms with Crippen LogP contribution < -0.4 is 0 Å². The first-order valence-corrected chi connectivity index (χ1v) is 5.96. The second-order valence-corrected chi connectivity index (χ2v) is 9.58. The number of hydrogen-bond donors (Lipinski definition) is 0. The molecule has 0 saturated carbocycles. The van der Waals surface area contributed by atoms with Crippen LogP contribution in [0.3, 0.4) is 0 Å². The lowest BCUT2D eigenvalue weighted by molar-refractivity contribution is -0.141. The Bertz CT molecular complexity index is 151. The van der Waals surface area contributed by atoms with Gasteiger partial charge in [0.2, 0.25) is 2.14 Å². The van der Waals surface area contributed by atoms with Crippen molar-refractivity contribution >= 4 is 53.8 Å². The summed E-state index contributed by atoms with van der Waals surface area (Å²) in [4.78, 5) is 11.1. The largest absolute Gasteiger partial charge is 0.463 e. The Hall–Kier alpha value is 0.910. The highest BCUT2D eigenvalue weighted by atomic mass is 80.0. The van der Waals surface area contributed by atoms with Crippen LogP contribution in [0, 0.1) is 5.92 Å². The molecule has 72 valence electrons. The maximum Gasteiger partial charge on any atom is 0.344 e. The Morgan fingerprint density at radius 3 is 2.25 bits per heavy atom. The van der Waals surface area contributed by atoms with Crippen LogP contribution in [-0.4, -0.2) is 14.7 Å². The van der Waals surface area contributed by atoms with Crippen LogP contribution in [0.4, 0.5) is 0 Å². The molecule has 0 amide bonds. The normalized spacial score (nSPS) is 11.8. The zero-order valence-corrected chi connectivity index (χ0v) is 11.7. The Balaban J connectivity index is 3.59. The third-order valence-electron chi connectivity index (χ3n) is 1.16. The van der Waals surface area contributed by atoms with Gasteiger partial charge in [-0.15, -0.1) is 0 Å². The van der Waals surface area contributed by atoms with Gasteiger partial charge in [0.15, 0.2) is 0 Å². The van der Waals surface area contributed by atoms with Crippen molar-refractivity contribution in [2.24, 2.45) is 5.92 Å². The fourth-order valence-electron chi connectivity index (χ4n) is 0.469. The van der Waals surface area contributed by atoms with E-state index in [1.807, 2.05) is 0 Å². The van der Waals surface area contributed by atoms with Gasteiger partial charge in [-0.1, -0.05) is 13.8 Å². The van der Waals surface area contributed by atoms with Crippen molar-refractivity contribution < 1.29 is 9.53 Å². The van der Waals surface area contributed by atoms with Crippen LogP contribution in [0.2, 0.25) is 0 Å². The van der Waals surface area contributed by atoms with E-state index in [1.54, 1.807) is 0 Å². The molecule has 2 nitrogen and oxygen atoms in total. The van der Waals surface area contributed by atoms with Crippen molar-refractivity contribution in [3.05, 3.63) is 0 Å². The van der Waals surface area contributed by atoms with Crippen molar-refractivity contribution in [1.29, 1.82) is 0 Å².